The van der Waals surface area contributed by atoms with Crippen molar-refractivity contribution in [3.63, 3.8) is 0 Å². The number of rotatable bonds is 12. The lowest BCUT2D eigenvalue weighted by Gasteiger charge is -2.44. The van der Waals surface area contributed by atoms with E-state index < -0.39 is 0 Å². The van der Waals surface area contributed by atoms with E-state index in [4.69, 9.17) is 4.74 Å². The molecule has 0 radical (unpaired) electrons. The molecule has 1 aromatic carbocycles. The van der Waals surface area contributed by atoms with Gasteiger partial charge in [-0.2, -0.15) is 0 Å². The minimum absolute atomic E-state index is 0.155. The Bertz CT molecular complexity index is 959. The molecular formula is C37H66N4O. The van der Waals surface area contributed by atoms with E-state index >= 15 is 0 Å². The lowest BCUT2D eigenvalue weighted by Crippen LogP contribution is -2.55. The van der Waals surface area contributed by atoms with Crippen molar-refractivity contribution >= 4 is 5.69 Å². The van der Waals surface area contributed by atoms with Gasteiger partial charge in [-0.3, -0.25) is 0 Å². The third-order valence-corrected chi connectivity index (χ3v) is 9.54. The predicted molar refractivity (Wildman–Crippen MR) is 181 cm³/mol. The molecule has 0 spiro atoms. The third-order valence-electron chi connectivity index (χ3n) is 9.54. The first-order valence-electron chi connectivity index (χ1n) is 17.2. The molecule has 2 saturated heterocycles. The van der Waals surface area contributed by atoms with Crippen LogP contribution in [-0.2, 0) is 11.2 Å². The number of ether oxygens (including phenoxy) is 1. The summed E-state index contributed by atoms with van der Waals surface area (Å²) in [4.78, 5) is 5.17. The first-order valence-corrected chi connectivity index (χ1v) is 17.2. The van der Waals surface area contributed by atoms with Gasteiger partial charge in [-0.1, -0.05) is 46.8 Å². The molecular weight excluding hydrogens is 516 g/mol. The highest BCUT2D eigenvalue weighted by atomic mass is 16.5. The van der Waals surface area contributed by atoms with Crippen LogP contribution >= 0.6 is 0 Å². The average molecular weight is 583 g/mol. The lowest BCUT2D eigenvalue weighted by molar-refractivity contribution is -0.0888. The SMILES string of the molecule is CC(C)(C)CN1CCC(O[C@H]2C[C@H](NC(C)(C)CCC(C)(C)Cc3ccc(N4CC[C@H](NC(C)(C)C)C4)cc3)C2)CC1. The Morgan fingerprint density at radius 2 is 1.38 bits per heavy atom. The Balaban J connectivity index is 1.13. The Kier molecular flexibility index (Phi) is 10.8. The van der Waals surface area contributed by atoms with Crippen LogP contribution in [-0.4, -0.2) is 73.0 Å². The molecule has 0 aromatic heterocycles. The Morgan fingerprint density at radius 3 is 1.98 bits per heavy atom. The van der Waals surface area contributed by atoms with Crippen LogP contribution in [0.1, 0.15) is 120 Å². The van der Waals surface area contributed by atoms with Gasteiger partial charge in [-0.05, 0) is 115 Å². The summed E-state index contributed by atoms with van der Waals surface area (Å²) in [7, 11) is 0. The molecule has 0 amide bonds. The normalized spacial score (nSPS) is 25.2. The number of benzene rings is 1. The number of nitrogens with one attached hydrogen (secondary N) is 2. The molecule has 0 bridgehead atoms. The second-order valence-corrected chi connectivity index (χ2v) is 17.8. The van der Waals surface area contributed by atoms with Gasteiger partial charge in [0.05, 0.1) is 12.2 Å². The van der Waals surface area contributed by atoms with Crippen LogP contribution in [0.15, 0.2) is 24.3 Å². The van der Waals surface area contributed by atoms with Crippen molar-refractivity contribution in [2.45, 2.75) is 156 Å². The van der Waals surface area contributed by atoms with E-state index in [1.807, 2.05) is 0 Å². The second-order valence-electron chi connectivity index (χ2n) is 17.8. The summed E-state index contributed by atoms with van der Waals surface area (Å²) in [6.07, 6.45) is 10.4. The van der Waals surface area contributed by atoms with Crippen LogP contribution in [0.5, 0.6) is 0 Å². The monoisotopic (exact) mass is 583 g/mol. The van der Waals surface area contributed by atoms with Gasteiger partial charge < -0.3 is 25.2 Å². The van der Waals surface area contributed by atoms with E-state index in [9.17, 15) is 0 Å². The molecule has 5 heteroatoms. The van der Waals surface area contributed by atoms with Crippen molar-refractivity contribution < 1.29 is 4.74 Å². The van der Waals surface area contributed by atoms with Crippen molar-refractivity contribution in [1.29, 1.82) is 0 Å². The van der Waals surface area contributed by atoms with Crippen LogP contribution in [0.2, 0.25) is 0 Å². The van der Waals surface area contributed by atoms with Gasteiger partial charge in [-0.15, -0.1) is 0 Å². The maximum absolute atomic E-state index is 6.52. The summed E-state index contributed by atoms with van der Waals surface area (Å²) in [6, 6.07) is 10.6. The third kappa shape index (κ3) is 11.1. The number of likely N-dealkylation sites (tertiary alicyclic amines) is 1. The zero-order valence-electron chi connectivity index (χ0n) is 29.1. The quantitative estimate of drug-likeness (QED) is 0.268. The fourth-order valence-electron chi connectivity index (χ4n) is 7.41. The van der Waals surface area contributed by atoms with Crippen molar-refractivity contribution in [3.8, 4) is 0 Å². The topological polar surface area (TPSA) is 39.8 Å². The van der Waals surface area contributed by atoms with Crippen LogP contribution in [0.4, 0.5) is 5.69 Å². The van der Waals surface area contributed by atoms with Gasteiger partial charge >= 0.3 is 0 Å². The largest absolute Gasteiger partial charge is 0.375 e. The smallest absolute Gasteiger partial charge is 0.0608 e. The predicted octanol–water partition coefficient (Wildman–Crippen LogP) is 7.43. The minimum atomic E-state index is 0.155. The fraction of sp³-hybridized carbons (Fsp3) is 0.838. The molecule has 5 nitrogen and oxygen atoms in total. The van der Waals surface area contributed by atoms with Crippen LogP contribution in [0.25, 0.3) is 0 Å². The van der Waals surface area contributed by atoms with E-state index in [-0.39, 0.29) is 16.5 Å². The molecule has 2 N–H and O–H groups in total. The van der Waals surface area contributed by atoms with E-state index in [1.165, 1.54) is 75.8 Å². The summed E-state index contributed by atoms with van der Waals surface area (Å²) in [5.41, 5.74) is 3.83. The maximum atomic E-state index is 6.52. The van der Waals surface area contributed by atoms with Gasteiger partial charge in [0.2, 0.25) is 0 Å². The molecule has 3 aliphatic rings. The van der Waals surface area contributed by atoms with E-state index in [1.54, 1.807) is 0 Å². The van der Waals surface area contributed by atoms with Crippen molar-refractivity contribution in [2.24, 2.45) is 10.8 Å². The minimum Gasteiger partial charge on any atom is -0.375 e. The second kappa shape index (κ2) is 13.5. The highest BCUT2D eigenvalue weighted by Gasteiger charge is 2.36. The zero-order chi connectivity index (χ0) is 30.8. The molecule has 1 aromatic rings. The Morgan fingerprint density at radius 1 is 0.738 bits per heavy atom. The molecule has 1 atom stereocenters. The summed E-state index contributed by atoms with van der Waals surface area (Å²) in [5, 5.41) is 7.76. The molecule has 42 heavy (non-hydrogen) atoms. The highest BCUT2D eigenvalue weighted by molar-refractivity contribution is 5.49. The van der Waals surface area contributed by atoms with Gasteiger partial charge in [-0.25, -0.2) is 0 Å². The van der Waals surface area contributed by atoms with Crippen LogP contribution < -0.4 is 15.5 Å². The number of hydrogen-bond donors (Lipinski definition) is 2. The summed E-state index contributed by atoms with van der Waals surface area (Å²) in [6.45, 7) is 29.3. The Labute approximate surface area is 259 Å². The van der Waals surface area contributed by atoms with Crippen molar-refractivity contribution in [3.05, 3.63) is 29.8 Å². The molecule has 2 aliphatic heterocycles. The van der Waals surface area contributed by atoms with E-state index in [0.717, 1.165) is 19.5 Å². The number of nitrogens with zero attached hydrogens (tertiary/aromatic N) is 2. The average Bonchev–Trinajstić information content (AvgIpc) is 3.29. The summed E-state index contributed by atoms with van der Waals surface area (Å²) in [5.74, 6) is 0. The van der Waals surface area contributed by atoms with E-state index in [2.05, 4.69) is 114 Å². The first kappa shape index (κ1) is 33.7. The lowest BCUT2D eigenvalue weighted by atomic mass is 9.77. The van der Waals surface area contributed by atoms with Crippen LogP contribution in [0.3, 0.4) is 0 Å². The molecule has 2 heterocycles. The number of piperidine rings is 1. The fourth-order valence-corrected chi connectivity index (χ4v) is 7.41. The summed E-state index contributed by atoms with van der Waals surface area (Å²) < 4.78 is 6.52. The number of anilines is 1. The van der Waals surface area contributed by atoms with Gasteiger partial charge in [0.1, 0.15) is 0 Å². The molecule has 4 rings (SSSR count). The molecule has 240 valence electrons. The van der Waals surface area contributed by atoms with Crippen molar-refractivity contribution in [1.82, 2.24) is 15.5 Å². The molecule has 1 saturated carbocycles. The van der Waals surface area contributed by atoms with Gasteiger partial charge in [0, 0.05) is 61.6 Å². The first-order chi connectivity index (χ1) is 19.4. The standard InChI is InChI=1S/C37H66N4O/c1-34(2,3)27-40-20-16-32(17-21-40)42-33-23-30(24-33)39-37(9,10)19-18-36(7,8)25-28-11-13-31(14-12-28)41-22-15-29(26-41)38-35(4,5)6/h11-14,29-30,32-33,38-39H,15-27H2,1-10H3/t29-,30-,33-/m0/s1. The van der Waals surface area contributed by atoms with Gasteiger partial charge in [0.25, 0.3) is 0 Å². The van der Waals surface area contributed by atoms with Crippen molar-refractivity contribution in [2.75, 3.05) is 37.6 Å². The van der Waals surface area contributed by atoms with Crippen LogP contribution in [0, 0.1) is 10.8 Å². The molecule has 3 fully saturated rings. The van der Waals surface area contributed by atoms with E-state index in [0.29, 0.717) is 29.7 Å². The summed E-state index contributed by atoms with van der Waals surface area (Å²) >= 11 is 0. The van der Waals surface area contributed by atoms with Gasteiger partial charge in [0.15, 0.2) is 0 Å². The molecule has 1 aliphatic carbocycles. The maximum Gasteiger partial charge on any atom is 0.0608 e. The highest BCUT2D eigenvalue weighted by Crippen LogP contribution is 2.34. The Hall–Kier alpha value is -1.14. The zero-order valence-corrected chi connectivity index (χ0v) is 29.1. The molecule has 0 unspecified atom stereocenters. The number of hydrogen-bond acceptors (Lipinski definition) is 5.